The number of hydrogen-bond donors (Lipinski definition) is 1. The molecule has 0 aliphatic rings. The molecule has 24 heavy (non-hydrogen) atoms. The molecule has 0 unspecified atom stereocenters. The van der Waals surface area contributed by atoms with Crippen molar-refractivity contribution in [3.8, 4) is 0 Å². The van der Waals surface area contributed by atoms with E-state index in [1.54, 1.807) is 20.8 Å². The Morgan fingerprint density at radius 1 is 1.29 bits per heavy atom. The molecular weight excluding hydrogens is 329 g/mol. The SMILES string of the molecule is C/C=C\c1cc(NC(=O)OC(C)(C)C)c([N+](=O)[O-])cc1C(F)(F)F. The smallest absolute Gasteiger partial charge is 0.417 e. The lowest BCUT2D eigenvalue weighted by molar-refractivity contribution is -0.384. The second kappa shape index (κ2) is 6.90. The second-order valence-corrected chi connectivity index (χ2v) is 5.84. The molecule has 132 valence electrons. The number of benzene rings is 1. The molecule has 6 nitrogen and oxygen atoms in total. The van der Waals surface area contributed by atoms with Crippen molar-refractivity contribution in [1.29, 1.82) is 0 Å². The van der Waals surface area contributed by atoms with Crippen LogP contribution in [0.5, 0.6) is 0 Å². The minimum absolute atomic E-state index is 0.304. The van der Waals surface area contributed by atoms with Gasteiger partial charge in [-0.15, -0.1) is 0 Å². The van der Waals surface area contributed by atoms with Gasteiger partial charge >= 0.3 is 12.3 Å². The van der Waals surface area contributed by atoms with E-state index in [0.717, 1.165) is 12.1 Å². The van der Waals surface area contributed by atoms with Crippen LogP contribution in [0.1, 0.15) is 38.8 Å². The van der Waals surface area contributed by atoms with Crippen molar-refractivity contribution in [1.82, 2.24) is 0 Å². The number of carbonyl (C=O) groups excluding carboxylic acids is 1. The normalized spacial score (nSPS) is 12.3. The molecule has 1 amide bonds. The van der Waals surface area contributed by atoms with Crippen molar-refractivity contribution in [3.05, 3.63) is 39.4 Å². The molecule has 1 N–H and O–H groups in total. The summed E-state index contributed by atoms with van der Waals surface area (Å²) in [5.41, 5.74) is -3.59. The Hall–Kier alpha value is -2.58. The summed E-state index contributed by atoms with van der Waals surface area (Å²) in [5.74, 6) is 0. The molecule has 0 heterocycles. The minimum atomic E-state index is -4.77. The third-order valence-electron chi connectivity index (χ3n) is 2.65. The highest BCUT2D eigenvalue weighted by Gasteiger charge is 2.36. The summed E-state index contributed by atoms with van der Waals surface area (Å²) in [6, 6.07) is 1.28. The fraction of sp³-hybridized carbons (Fsp3) is 0.400. The van der Waals surface area contributed by atoms with Gasteiger partial charge in [-0.3, -0.25) is 15.4 Å². The number of halogens is 3. The van der Waals surface area contributed by atoms with Crippen LogP contribution >= 0.6 is 0 Å². The Balaban J connectivity index is 3.41. The monoisotopic (exact) mass is 346 g/mol. The topological polar surface area (TPSA) is 81.5 Å². The van der Waals surface area contributed by atoms with Crippen LogP contribution < -0.4 is 5.32 Å². The van der Waals surface area contributed by atoms with Crippen molar-refractivity contribution in [2.75, 3.05) is 5.32 Å². The van der Waals surface area contributed by atoms with Crippen LogP contribution in [0, 0.1) is 10.1 Å². The van der Waals surface area contributed by atoms with Crippen LogP contribution in [0.2, 0.25) is 0 Å². The molecule has 1 aromatic rings. The maximum Gasteiger partial charge on any atom is 0.417 e. The summed E-state index contributed by atoms with van der Waals surface area (Å²) in [6.07, 6.45) is -3.28. The maximum atomic E-state index is 13.1. The Morgan fingerprint density at radius 2 is 1.88 bits per heavy atom. The van der Waals surface area contributed by atoms with Crippen LogP contribution in [0.15, 0.2) is 18.2 Å². The van der Waals surface area contributed by atoms with Gasteiger partial charge in [-0.1, -0.05) is 12.2 Å². The number of nitrogens with zero attached hydrogens (tertiary/aromatic N) is 1. The minimum Gasteiger partial charge on any atom is -0.444 e. The number of amides is 1. The van der Waals surface area contributed by atoms with Gasteiger partial charge in [-0.05, 0) is 39.3 Å². The first-order valence-corrected chi connectivity index (χ1v) is 6.87. The number of hydrogen-bond acceptors (Lipinski definition) is 4. The van der Waals surface area contributed by atoms with Crippen molar-refractivity contribution in [2.24, 2.45) is 0 Å². The van der Waals surface area contributed by atoms with Gasteiger partial charge in [0.2, 0.25) is 0 Å². The van der Waals surface area contributed by atoms with E-state index in [2.05, 4.69) is 5.32 Å². The Morgan fingerprint density at radius 3 is 2.29 bits per heavy atom. The number of ether oxygens (including phenoxy) is 1. The van der Waals surface area contributed by atoms with Gasteiger partial charge in [0.1, 0.15) is 11.3 Å². The summed E-state index contributed by atoms with van der Waals surface area (Å²) >= 11 is 0. The molecule has 1 aromatic carbocycles. The van der Waals surface area contributed by atoms with E-state index < -0.39 is 34.0 Å². The van der Waals surface area contributed by atoms with Crippen molar-refractivity contribution < 1.29 is 27.6 Å². The molecule has 0 aliphatic carbocycles. The summed E-state index contributed by atoms with van der Waals surface area (Å²) in [6.45, 7) is 6.25. The molecule has 0 fully saturated rings. The first-order chi connectivity index (χ1) is 10.8. The predicted octanol–water partition coefficient (Wildman–Crippen LogP) is 4.99. The highest BCUT2D eigenvalue weighted by molar-refractivity contribution is 5.89. The van der Waals surface area contributed by atoms with E-state index >= 15 is 0 Å². The zero-order valence-corrected chi connectivity index (χ0v) is 13.5. The lowest BCUT2D eigenvalue weighted by Gasteiger charge is -2.20. The number of nitro benzene ring substituents is 1. The van der Waals surface area contributed by atoms with Gasteiger partial charge in [0, 0.05) is 6.07 Å². The number of allylic oxidation sites excluding steroid dienone is 1. The molecule has 0 aromatic heterocycles. The lowest BCUT2D eigenvalue weighted by Crippen LogP contribution is -2.27. The summed E-state index contributed by atoms with van der Waals surface area (Å²) < 4.78 is 44.2. The average molecular weight is 346 g/mol. The number of nitrogens with one attached hydrogen (secondary N) is 1. The van der Waals surface area contributed by atoms with E-state index in [1.165, 1.54) is 13.0 Å². The summed E-state index contributed by atoms with van der Waals surface area (Å²) in [7, 11) is 0. The van der Waals surface area contributed by atoms with Gasteiger partial charge in [-0.2, -0.15) is 13.2 Å². The van der Waals surface area contributed by atoms with Crippen LogP contribution in [0.25, 0.3) is 6.08 Å². The zero-order chi connectivity index (χ0) is 18.7. The van der Waals surface area contributed by atoms with Crippen LogP contribution in [-0.4, -0.2) is 16.6 Å². The molecule has 0 saturated carbocycles. The van der Waals surface area contributed by atoms with E-state index in [4.69, 9.17) is 4.74 Å². The van der Waals surface area contributed by atoms with E-state index in [1.807, 2.05) is 0 Å². The molecule has 0 aliphatic heterocycles. The van der Waals surface area contributed by atoms with E-state index in [0.29, 0.717) is 6.07 Å². The van der Waals surface area contributed by atoms with Gasteiger partial charge < -0.3 is 4.74 Å². The largest absolute Gasteiger partial charge is 0.444 e. The van der Waals surface area contributed by atoms with Crippen molar-refractivity contribution in [3.63, 3.8) is 0 Å². The number of rotatable bonds is 3. The molecular formula is C15H17F3N2O4. The summed E-state index contributed by atoms with van der Waals surface area (Å²) in [4.78, 5) is 21.8. The van der Waals surface area contributed by atoms with E-state index in [9.17, 15) is 28.1 Å². The Bertz CT molecular complexity index is 677. The lowest BCUT2D eigenvalue weighted by atomic mass is 10.0. The van der Waals surface area contributed by atoms with E-state index in [-0.39, 0.29) is 11.3 Å². The molecule has 0 saturated heterocycles. The number of alkyl halides is 3. The second-order valence-electron chi connectivity index (χ2n) is 5.84. The zero-order valence-electron chi connectivity index (χ0n) is 13.5. The number of anilines is 1. The number of nitro groups is 1. The first-order valence-electron chi connectivity index (χ1n) is 6.87. The Kier molecular flexibility index (Phi) is 5.59. The third-order valence-corrected chi connectivity index (χ3v) is 2.65. The molecule has 0 radical (unpaired) electrons. The fourth-order valence-electron chi connectivity index (χ4n) is 1.83. The third kappa shape index (κ3) is 5.25. The predicted molar refractivity (Wildman–Crippen MR) is 82.7 cm³/mol. The highest BCUT2D eigenvalue weighted by atomic mass is 19.4. The van der Waals surface area contributed by atoms with Crippen molar-refractivity contribution in [2.45, 2.75) is 39.5 Å². The van der Waals surface area contributed by atoms with Crippen LogP contribution in [0.3, 0.4) is 0 Å². The average Bonchev–Trinajstić information content (AvgIpc) is 2.34. The summed E-state index contributed by atoms with van der Waals surface area (Å²) in [5, 5.41) is 13.2. The van der Waals surface area contributed by atoms with Gasteiger partial charge in [0.15, 0.2) is 0 Å². The molecule has 0 bridgehead atoms. The molecule has 0 spiro atoms. The maximum absolute atomic E-state index is 13.1. The van der Waals surface area contributed by atoms with Gasteiger partial charge in [-0.25, -0.2) is 4.79 Å². The van der Waals surface area contributed by atoms with Crippen molar-refractivity contribution >= 4 is 23.5 Å². The molecule has 1 rings (SSSR count). The molecule has 9 heteroatoms. The van der Waals surface area contributed by atoms with Crippen LogP contribution in [0.4, 0.5) is 29.3 Å². The van der Waals surface area contributed by atoms with Gasteiger partial charge in [0.05, 0.1) is 10.5 Å². The fourth-order valence-corrected chi connectivity index (χ4v) is 1.83. The highest BCUT2D eigenvalue weighted by Crippen LogP contribution is 2.38. The first kappa shape index (κ1) is 19.5. The number of carbonyl (C=O) groups is 1. The quantitative estimate of drug-likeness (QED) is 0.617. The Labute approximate surface area is 136 Å². The molecule has 0 atom stereocenters. The standard InChI is InChI=1S/C15H17F3N2O4/c1-5-6-9-7-11(19-13(21)24-14(2,3)4)12(20(22)23)8-10(9)15(16,17)18/h5-8H,1-4H3,(H,19,21)/b6-5-. The van der Waals surface area contributed by atoms with Crippen LogP contribution in [-0.2, 0) is 10.9 Å². The van der Waals surface area contributed by atoms with Gasteiger partial charge in [0.25, 0.3) is 5.69 Å².